The van der Waals surface area contributed by atoms with Crippen LogP contribution in [0.4, 0.5) is 10.1 Å². The minimum Gasteiger partial charge on any atom is -0.348 e. The predicted molar refractivity (Wildman–Crippen MR) is 93.1 cm³/mol. The van der Waals surface area contributed by atoms with E-state index < -0.39 is 33.5 Å². The fraction of sp³-hybridized carbons (Fsp3) is 0.235. The Morgan fingerprint density at radius 1 is 1.15 bits per heavy atom. The quantitative estimate of drug-likeness (QED) is 0.838. The molecule has 1 atom stereocenters. The van der Waals surface area contributed by atoms with Gasteiger partial charge in [-0.15, -0.1) is 0 Å². The molecule has 2 amide bonds. The van der Waals surface area contributed by atoms with Gasteiger partial charge in [0.2, 0.25) is 0 Å². The van der Waals surface area contributed by atoms with Crippen LogP contribution in [0.1, 0.15) is 27.3 Å². The van der Waals surface area contributed by atoms with Crippen molar-refractivity contribution in [2.45, 2.75) is 12.5 Å². The molecule has 1 aromatic carbocycles. The Balaban J connectivity index is 1.70. The number of nitrogens with one attached hydrogen (secondary N) is 2. The third kappa shape index (κ3) is 4.23. The highest BCUT2D eigenvalue weighted by Gasteiger charge is 2.29. The predicted octanol–water partition coefficient (Wildman–Crippen LogP) is 1.39. The van der Waals surface area contributed by atoms with Crippen molar-refractivity contribution < 1.29 is 22.4 Å². The van der Waals surface area contributed by atoms with Crippen LogP contribution in [0.15, 0.2) is 42.6 Å². The van der Waals surface area contributed by atoms with E-state index in [-0.39, 0.29) is 28.5 Å². The summed E-state index contributed by atoms with van der Waals surface area (Å²) >= 11 is 0. The zero-order valence-electron chi connectivity index (χ0n) is 13.6. The highest BCUT2D eigenvalue weighted by Crippen LogP contribution is 2.15. The number of hydrogen-bond acceptors (Lipinski definition) is 5. The molecule has 136 valence electrons. The monoisotopic (exact) mass is 377 g/mol. The van der Waals surface area contributed by atoms with Crippen molar-refractivity contribution in [3.05, 3.63) is 59.7 Å². The molecule has 1 saturated heterocycles. The van der Waals surface area contributed by atoms with E-state index in [0.29, 0.717) is 6.42 Å². The Kier molecular flexibility index (Phi) is 4.99. The minimum absolute atomic E-state index is 0.00492. The number of benzene rings is 1. The molecule has 0 bridgehead atoms. The van der Waals surface area contributed by atoms with Crippen LogP contribution in [-0.4, -0.2) is 42.8 Å². The van der Waals surface area contributed by atoms with Crippen LogP contribution >= 0.6 is 0 Å². The molecule has 2 N–H and O–H groups in total. The SMILES string of the molecule is O=C(NC1CCS(=O)(=O)C1)c1ccnc(C(=O)Nc2ccccc2F)c1. The average Bonchev–Trinajstić information content (AvgIpc) is 2.95. The molecule has 3 rings (SSSR count). The maximum absolute atomic E-state index is 13.6. The molecule has 1 aromatic heterocycles. The number of pyridine rings is 1. The summed E-state index contributed by atoms with van der Waals surface area (Å²) in [7, 11) is -3.11. The number of hydrogen-bond donors (Lipinski definition) is 2. The summed E-state index contributed by atoms with van der Waals surface area (Å²) in [6.45, 7) is 0. The van der Waals surface area contributed by atoms with Crippen molar-refractivity contribution in [1.82, 2.24) is 10.3 Å². The lowest BCUT2D eigenvalue weighted by atomic mass is 10.2. The van der Waals surface area contributed by atoms with Crippen LogP contribution in [0.25, 0.3) is 0 Å². The van der Waals surface area contributed by atoms with Gasteiger partial charge in [-0.25, -0.2) is 12.8 Å². The number of sulfone groups is 1. The molecule has 0 radical (unpaired) electrons. The molecule has 0 aliphatic carbocycles. The number of para-hydroxylation sites is 1. The zero-order chi connectivity index (χ0) is 18.7. The standard InChI is InChI=1S/C17H16FN3O4S/c18-13-3-1-2-4-14(13)21-17(23)15-9-11(5-7-19-15)16(22)20-12-6-8-26(24,25)10-12/h1-5,7,9,12H,6,8,10H2,(H,20,22)(H,21,23). The number of halogens is 1. The molecular formula is C17H16FN3O4S. The Hall–Kier alpha value is -2.81. The van der Waals surface area contributed by atoms with Gasteiger partial charge in [-0.2, -0.15) is 0 Å². The normalized spacial score (nSPS) is 18.3. The van der Waals surface area contributed by atoms with Crippen molar-refractivity contribution in [2.75, 3.05) is 16.8 Å². The number of aromatic nitrogens is 1. The van der Waals surface area contributed by atoms with Gasteiger partial charge in [-0.3, -0.25) is 14.6 Å². The van der Waals surface area contributed by atoms with Crippen molar-refractivity contribution in [3.8, 4) is 0 Å². The lowest BCUT2D eigenvalue weighted by molar-refractivity contribution is 0.0941. The second kappa shape index (κ2) is 7.20. The minimum atomic E-state index is -3.11. The lowest BCUT2D eigenvalue weighted by Gasteiger charge is -2.11. The molecule has 0 saturated carbocycles. The highest BCUT2D eigenvalue weighted by atomic mass is 32.2. The molecule has 0 spiro atoms. The van der Waals surface area contributed by atoms with Crippen LogP contribution in [0.2, 0.25) is 0 Å². The van der Waals surface area contributed by atoms with Crippen LogP contribution < -0.4 is 10.6 Å². The third-order valence-corrected chi connectivity index (χ3v) is 5.71. The fourth-order valence-corrected chi connectivity index (χ4v) is 4.30. The third-order valence-electron chi connectivity index (χ3n) is 3.94. The Bertz CT molecular complexity index is 962. The molecule has 1 unspecified atom stereocenters. The summed E-state index contributed by atoms with van der Waals surface area (Å²) in [6, 6.07) is 7.93. The number of carbonyl (C=O) groups excluding carboxylic acids is 2. The van der Waals surface area contributed by atoms with Crippen LogP contribution in [0, 0.1) is 5.82 Å². The molecular weight excluding hydrogens is 361 g/mol. The molecule has 1 aliphatic heterocycles. The van der Waals surface area contributed by atoms with Crippen molar-refractivity contribution in [1.29, 1.82) is 0 Å². The van der Waals surface area contributed by atoms with Gasteiger partial charge in [0, 0.05) is 17.8 Å². The first-order valence-corrected chi connectivity index (χ1v) is 9.69. The van der Waals surface area contributed by atoms with Gasteiger partial charge < -0.3 is 10.6 Å². The Morgan fingerprint density at radius 3 is 2.62 bits per heavy atom. The average molecular weight is 377 g/mol. The second-order valence-electron chi connectivity index (χ2n) is 5.94. The first-order chi connectivity index (χ1) is 12.3. The molecule has 2 aromatic rings. The maximum Gasteiger partial charge on any atom is 0.274 e. The van der Waals surface area contributed by atoms with E-state index in [1.807, 2.05) is 0 Å². The van der Waals surface area contributed by atoms with Gasteiger partial charge in [-0.05, 0) is 30.7 Å². The van der Waals surface area contributed by atoms with E-state index in [9.17, 15) is 22.4 Å². The first kappa shape index (κ1) is 18.0. The van der Waals surface area contributed by atoms with E-state index in [2.05, 4.69) is 15.6 Å². The summed E-state index contributed by atoms with van der Waals surface area (Å²) in [6.07, 6.45) is 1.65. The van der Waals surface area contributed by atoms with Gasteiger partial charge in [0.15, 0.2) is 9.84 Å². The van der Waals surface area contributed by atoms with E-state index in [0.717, 1.165) is 0 Å². The van der Waals surface area contributed by atoms with E-state index in [1.165, 1.54) is 36.5 Å². The summed E-state index contributed by atoms with van der Waals surface area (Å²) < 4.78 is 36.5. The summed E-state index contributed by atoms with van der Waals surface area (Å²) in [5.74, 6) is -1.78. The fourth-order valence-electron chi connectivity index (χ4n) is 2.62. The zero-order valence-corrected chi connectivity index (χ0v) is 14.4. The van der Waals surface area contributed by atoms with Gasteiger partial charge in [0.1, 0.15) is 11.5 Å². The first-order valence-electron chi connectivity index (χ1n) is 7.87. The highest BCUT2D eigenvalue weighted by molar-refractivity contribution is 7.91. The van der Waals surface area contributed by atoms with Crippen molar-refractivity contribution >= 4 is 27.3 Å². The van der Waals surface area contributed by atoms with E-state index >= 15 is 0 Å². The van der Waals surface area contributed by atoms with Gasteiger partial charge in [0.05, 0.1) is 17.2 Å². The molecule has 26 heavy (non-hydrogen) atoms. The topological polar surface area (TPSA) is 105 Å². The largest absolute Gasteiger partial charge is 0.348 e. The molecule has 2 heterocycles. The number of rotatable bonds is 4. The van der Waals surface area contributed by atoms with Crippen molar-refractivity contribution in [3.63, 3.8) is 0 Å². The smallest absolute Gasteiger partial charge is 0.274 e. The molecule has 1 fully saturated rings. The summed E-state index contributed by atoms with van der Waals surface area (Å²) in [5, 5.41) is 5.03. The Morgan fingerprint density at radius 2 is 1.92 bits per heavy atom. The number of anilines is 1. The summed E-state index contributed by atoms with van der Waals surface area (Å²) in [4.78, 5) is 28.4. The number of nitrogens with zero attached hydrogens (tertiary/aromatic N) is 1. The van der Waals surface area contributed by atoms with Crippen molar-refractivity contribution in [2.24, 2.45) is 0 Å². The van der Waals surface area contributed by atoms with Crippen LogP contribution in [0.3, 0.4) is 0 Å². The molecule has 1 aliphatic rings. The summed E-state index contributed by atoms with van der Waals surface area (Å²) in [5.41, 5.74) is 0.119. The van der Waals surface area contributed by atoms with E-state index in [4.69, 9.17) is 0 Å². The molecule has 9 heteroatoms. The van der Waals surface area contributed by atoms with E-state index in [1.54, 1.807) is 6.07 Å². The van der Waals surface area contributed by atoms with Crippen LogP contribution in [0.5, 0.6) is 0 Å². The molecule has 7 nitrogen and oxygen atoms in total. The maximum atomic E-state index is 13.6. The van der Waals surface area contributed by atoms with Gasteiger partial charge in [-0.1, -0.05) is 12.1 Å². The van der Waals surface area contributed by atoms with Gasteiger partial charge in [0.25, 0.3) is 11.8 Å². The number of carbonyl (C=O) groups is 2. The Labute approximate surface area is 149 Å². The number of amides is 2. The van der Waals surface area contributed by atoms with Crippen LogP contribution in [-0.2, 0) is 9.84 Å². The second-order valence-corrected chi connectivity index (χ2v) is 8.17. The lowest BCUT2D eigenvalue weighted by Crippen LogP contribution is -2.35. The van der Waals surface area contributed by atoms with Gasteiger partial charge >= 0.3 is 0 Å².